The number of benzene rings is 3. The molecule has 0 heterocycles. The molecule has 0 amide bonds. The topological polar surface area (TPSA) is 73.6 Å². The summed E-state index contributed by atoms with van der Waals surface area (Å²) < 4.78 is 0. The molecule has 0 fully saturated rings. The van der Waals surface area contributed by atoms with Crippen LogP contribution in [0.2, 0.25) is 5.02 Å². The van der Waals surface area contributed by atoms with E-state index >= 15 is 0 Å². The Hall–Kier alpha value is -3.27. The average molecular weight is 344 g/mol. The minimum Gasteiger partial charge on any atom is -0.397 e. The average Bonchev–Trinajstić information content (AvgIpc) is 2.62. The number of anilines is 1. The molecule has 0 saturated heterocycles. The van der Waals surface area contributed by atoms with Crippen LogP contribution >= 0.6 is 11.6 Å². The summed E-state index contributed by atoms with van der Waals surface area (Å²) in [7, 11) is 0. The Morgan fingerprint density at radius 1 is 0.800 bits per heavy atom. The quantitative estimate of drug-likeness (QED) is 0.641. The fraction of sp³-hybridized carbons (Fsp3) is 0.0476. The van der Waals surface area contributed by atoms with E-state index in [1.54, 1.807) is 12.1 Å². The van der Waals surface area contributed by atoms with E-state index in [0.29, 0.717) is 27.3 Å². The molecule has 25 heavy (non-hydrogen) atoms. The van der Waals surface area contributed by atoms with Crippen LogP contribution in [0.3, 0.4) is 0 Å². The van der Waals surface area contributed by atoms with Crippen LogP contribution in [-0.4, -0.2) is 0 Å². The molecule has 0 spiro atoms. The second kappa shape index (κ2) is 6.69. The lowest BCUT2D eigenvalue weighted by atomic mass is 9.89. The molecule has 3 aromatic rings. The smallest absolute Gasteiger partial charge is 0.102 e. The van der Waals surface area contributed by atoms with E-state index < -0.39 is 0 Å². The van der Waals surface area contributed by atoms with Crippen molar-refractivity contribution >= 4 is 17.3 Å². The number of nitrogen functional groups attached to an aromatic ring is 1. The number of hydrogen-bond donors (Lipinski definition) is 1. The molecule has 0 bridgehead atoms. The summed E-state index contributed by atoms with van der Waals surface area (Å²) in [5.74, 6) is 0. The zero-order valence-corrected chi connectivity index (χ0v) is 14.3. The van der Waals surface area contributed by atoms with E-state index in [4.69, 9.17) is 17.3 Å². The molecule has 2 N–H and O–H groups in total. The highest BCUT2D eigenvalue weighted by Crippen LogP contribution is 2.37. The van der Waals surface area contributed by atoms with Gasteiger partial charge >= 0.3 is 0 Å². The second-order valence-electron chi connectivity index (χ2n) is 5.73. The van der Waals surface area contributed by atoms with Gasteiger partial charge < -0.3 is 5.73 Å². The van der Waals surface area contributed by atoms with Crippen molar-refractivity contribution in [3.63, 3.8) is 0 Å². The molecule has 0 saturated carbocycles. The van der Waals surface area contributed by atoms with E-state index in [2.05, 4.69) is 12.1 Å². The maximum atomic E-state index is 9.58. The SMILES string of the molecule is Cc1ccc(-c2cc(-c3ccc(Cl)cc3)c(C#N)c(N)c2C#N)cc1. The Labute approximate surface area is 151 Å². The first-order valence-electron chi connectivity index (χ1n) is 7.64. The number of halogens is 1. The molecule has 4 heteroatoms. The third kappa shape index (κ3) is 3.06. The van der Waals surface area contributed by atoms with Crippen LogP contribution in [0, 0.1) is 29.6 Å². The van der Waals surface area contributed by atoms with Crippen molar-refractivity contribution in [2.45, 2.75) is 6.92 Å². The molecule has 0 aromatic heterocycles. The second-order valence-corrected chi connectivity index (χ2v) is 6.17. The van der Waals surface area contributed by atoms with Crippen LogP contribution in [0.5, 0.6) is 0 Å². The summed E-state index contributed by atoms with van der Waals surface area (Å²) in [6, 6.07) is 21.2. The highest BCUT2D eigenvalue weighted by Gasteiger charge is 2.18. The van der Waals surface area contributed by atoms with Gasteiger partial charge in [-0.3, -0.25) is 0 Å². The maximum Gasteiger partial charge on any atom is 0.102 e. The molecule has 3 aromatic carbocycles. The van der Waals surface area contributed by atoms with E-state index in [1.165, 1.54) is 0 Å². The highest BCUT2D eigenvalue weighted by atomic mass is 35.5. The first kappa shape index (κ1) is 16.6. The molecule has 0 aliphatic rings. The van der Waals surface area contributed by atoms with Gasteiger partial charge in [0.2, 0.25) is 0 Å². The van der Waals surface area contributed by atoms with Gasteiger partial charge in [-0.25, -0.2) is 0 Å². The van der Waals surface area contributed by atoms with Crippen molar-refractivity contribution in [3.05, 3.63) is 76.3 Å². The Morgan fingerprint density at radius 3 is 1.68 bits per heavy atom. The lowest BCUT2D eigenvalue weighted by Gasteiger charge is -2.14. The molecule has 0 radical (unpaired) electrons. The van der Waals surface area contributed by atoms with Gasteiger partial charge in [0.15, 0.2) is 0 Å². The zero-order valence-electron chi connectivity index (χ0n) is 13.5. The van der Waals surface area contributed by atoms with Gasteiger partial charge in [-0.15, -0.1) is 0 Å². The van der Waals surface area contributed by atoms with Crippen LogP contribution in [0.15, 0.2) is 54.6 Å². The van der Waals surface area contributed by atoms with Crippen LogP contribution in [0.1, 0.15) is 16.7 Å². The number of aryl methyl sites for hydroxylation is 1. The molecule has 0 unspecified atom stereocenters. The van der Waals surface area contributed by atoms with Gasteiger partial charge in [0.05, 0.1) is 16.8 Å². The van der Waals surface area contributed by atoms with Crippen molar-refractivity contribution in [1.29, 1.82) is 10.5 Å². The van der Waals surface area contributed by atoms with Crippen molar-refractivity contribution in [2.75, 3.05) is 5.73 Å². The van der Waals surface area contributed by atoms with E-state index in [9.17, 15) is 10.5 Å². The summed E-state index contributed by atoms with van der Waals surface area (Å²) in [5, 5.41) is 19.8. The molecule has 0 atom stereocenters. The van der Waals surface area contributed by atoms with Gasteiger partial charge in [0.25, 0.3) is 0 Å². The Bertz CT molecular complexity index is 939. The van der Waals surface area contributed by atoms with Crippen LogP contribution in [-0.2, 0) is 0 Å². The van der Waals surface area contributed by atoms with Gasteiger partial charge in [-0.2, -0.15) is 10.5 Å². The zero-order chi connectivity index (χ0) is 18.0. The van der Waals surface area contributed by atoms with Crippen molar-refractivity contribution in [1.82, 2.24) is 0 Å². The fourth-order valence-electron chi connectivity index (χ4n) is 2.76. The summed E-state index contributed by atoms with van der Waals surface area (Å²) in [6.45, 7) is 2.00. The fourth-order valence-corrected chi connectivity index (χ4v) is 2.89. The van der Waals surface area contributed by atoms with E-state index in [-0.39, 0.29) is 5.69 Å². The number of nitrogens with zero attached hydrogens (tertiary/aromatic N) is 2. The summed E-state index contributed by atoms with van der Waals surface area (Å²) in [4.78, 5) is 0. The number of nitrogens with two attached hydrogens (primary N) is 1. The largest absolute Gasteiger partial charge is 0.397 e. The Kier molecular flexibility index (Phi) is 4.44. The molecular formula is C21H14ClN3. The van der Waals surface area contributed by atoms with E-state index in [1.807, 2.05) is 49.4 Å². The van der Waals surface area contributed by atoms with Gasteiger partial charge in [-0.05, 0) is 36.2 Å². The molecule has 3 rings (SSSR count). The van der Waals surface area contributed by atoms with Crippen molar-refractivity contribution in [2.24, 2.45) is 0 Å². The third-order valence-corrected chi connectivity index (χ3v) is 4.36. The van der Waals surface area contributed by atoms with E-state index in [0.717, 1.165) is 16.7 Å². The molecular weight excluding hydrogens is 330 g/mol. The maximum absolute atomic E-state index is 9.58. The predicted molar refractivity (Wildman–Crippen MR) is 101 cm³/mol. The monoisotopic (exact) mass is 343 g/mol. The minimum absolute atomic E-state index is 0.202. The molecule has 3 nitrogen and oxygen atoms in total. The lowest BCUT2D eigenvalue weighted by molar-refractivity contribution is 1.43. The van der Waals surface area contributed by atoms with Crippen molar-refractivity contribution < 1.29 is 0 Å². The lowest BCUT2D eigenvalue weighted by Crippen LogP contribution is -2.00. The standard InChI is InChI=1S/C21H14ClN3/c1-13-2-4-14(5-3-13)17-10-18(15-6-8-16(22)9-7-15)20(12-24)21(25)19(17)11-23/h2-10H,25H2,1H3. The summed E-state index contributed by atoms with van der Waals surface area (Å²) in [6.07, 6.45) is 0. The summed E-state index contributed by atoms with van der Waals surface area (Å²) in [5.41, 5.74) is 11.2. The molecule has 120 valence electrons. The van der Waals surface area contributed by atoms with Crippen LogP contribution < -0.4 is 5.73 Å². The van der Waals surface area contributed by atoms with Gasteiger partial charge in [0.1, 0.15) is 12.1 Å². The van der Waals surface area contributed by atoms with Crippen LogP contribution in [0.25, 0.3) is 22.3 Å². The predicted octanol–water partition coefficient (Wildman–Crippen LogP) is 5.31. The highest BCUT2D eigenvalue weighted by molar-refractivity contribution is 6.30. The minimum atomic E-state index is 0.202. The van der Waals surface area contributed by atoms with Gasteiger partial charge in [0, 0.05) is 16.1 Å². The van der Waals surface area contributed by atoms with Gasteiger partial charge in [-0.1, -0.05) is 53.6 Å². The van der Waals surface area contributed by atoms with Crippen molar-refractivity contribution in [3.8, 4) is 34.4 Å². The first-order valence-corrected chi connectivity index (χ1v) is 8.02. The number of hydrogen-bond acceptors (Lipinski definition) is 3. The Balaban J connectivity index is 2.33. The molecule has 0 aliphatic carbocycles. The molecule has 0 aliphatic heterocycles. The normalized spacial score (nSPS) is 10.1. The third-order valence-electron chi connectivity index (χ3n) is 4.11. The number of rotatable bonds is 2. The Morgan fingerprint density at radius 2 is 1.24 bits per heavy atom. The first-order chi connectivity index (χ1) is 12.0. The summed E-state index contributed by atoms with van der Waals surface area (Å²) >= 11 is 5.96. The number of nitriles is 2. The van der Waals surface area contributed by atoms with Crippen LogP contribution in [0.4, 0.5) is 5.69 Å².